The molecule has 152 valence electrons. The SMILES string of the molecule is CC(C)n1nccc1NC(=O)/C=C/c1ccc(S(=O)(=O)NCc2ccco2)cc1. The average molecular weight is 414 g/mol. The molecule has 3 rings (SSSR count). The highest BCUT2D eigenvalue weighted by atomic mass is 32.2. The molecule has 2 heterocycles. The lowest BCUT2D eigenvalue weighted by molar-refractivity contribution is -0.111. The van der Waals surface area contributed by atoms with Gasteiger partial charge in [-0.2, -0.15) is 5.10 Å². The van der Waals surface area contributed by atoms with E-state index in [1.54, 1.807) is 47.3 Å². The molecule has 8 nitrogen and oxygen atoms in total. The van der Waals surface area contributed by atoms with Crippen LogP contribution in [0.2, 0.25) is 0 Å². The van der Waals surface area contributed by atoms with E-state index in [1.165, 1.54) is 24.5 Å². The fourth-order valence-electron chi connectivity index (χ4n) is 2.59. The third kappa shape index (κ3) is 5.43. The number of carbonyl (C=O) groups excluding carboxylic acids is 1. The van der Waals surface area contributed by atoms with Gasteiger partial charge in [0.15, 0.2) is 0 Å². The van der Waals surface area contributed by atoms with Gasteiger partial charge in [0.25, 0.3) is 0 Å². The number of furan rings is 1. The van der Waals surface area contributed by atoms with Gasteiger partial charge in [0.05, 0.1) is 23.9 Å². The number of benzene rings is 1. The van der Waals surface area contributed by atoms with Crippen LogP contribution in [0.15, 0.2) is 70.3 Å². The van der Waals surface area contributed by atoms with Crippen molar-refractivity contribution in [1.82, 2.24) is 14.5 Å². The maximum Gasteiger partial charge on any atom is 0.249 e. The lowest BCUT2D eigenvalue weighted by Gasteiger charge is -2.10. The van der Waals surface area contributed by atoms with Crippen LogP contribution >= 0.6 is 0 Å². The van der Waals surface area contributed by atoms with Crippen LogP contribution < -0.4 is 10.0 Å². The average Bonchev–Trinajstić information content (AvgIpc) is 3.37. The molecule has 3 aromatic rings. The Morgan fingerprint density at radius 1 is 1.21 bits per heavy atom. The van der Waals surface area contributed by atoms with Crippen LogP contribution in [0, 0.1) is 0 Å². The molecule has 1 aromatic carbocycles. The Morgan fingerprint density at radius 3 is 2.62 bits per heavy atom. The monoisotopic (exact) mass is 414 g/mol. The van der Waals surface area contributed by atoms with Gasteiger partial charge in [0.1, 0.15) is 11.6 Å². The molecule has 0 bridgehead atoms. The quantitative estimate of drug-likeness (QED) is 0.551. The first-order valence-electron chi connectivity index (χ1n) is 9.00. The number of hydrogen-bond acceptors (Lipinski definition) is 5. The summed E-state index contributed by atoms with van der Waals surface area (Å²) in [5.74, 6) is 0.834. The molecule has 0 saturated heterocycles. The number of sulfonamides is 1. The summed E-state index contributed by atoms with van der Waals surface area (Å²) in [5.41, 5.74) is 0.697. The summed E-state index contributed by atoms with van der Waals surface area (Å²) in [5, 5.41) is 6.93. The smallest absolute Gasteiger partial charge is 0.249 e. The summed E-state index contributed by atoms with van der Waals surface area (Å²) in [7, 11) is -3.65. The third-order valence-corrected chi connectivity index (χ3v) is 5.46. The largest absolute Gasteiger partial charge is 0.468 e. The molecular weight excluding hydrogens is 392 g/mol. The zero-order chi connectivity index (χ0) is 20.9. The van der Waals surface area contributed by atoms with Crippen LogP contribution in [0.1, 0.15) is 31.2 Å². The van der Waals surface area contributed by atoms with Crippen LogP contribution in [0.5, 0.6) is 0 Å². The standard InChI is InChI=1S/C20H22N4O4S/c1-15(2)24-19(11-12-21-24)23-20(25)10-7-16-5-8-18(9-6-16)29(26,27)22-14-17-4-3-13-28-17/h3-13,15,22H,14H2,1-2H3,(H,23,25)/b10-7+. The summed E-state index contributed by atoms with van der Waals surface area (Å²) < 4.78 is 34.0. The molecule has 1 amide bonds. The highest BCUT2D eigenvalue weighted by Crippen LogP contribution is 2.14. The van der Waals surface area contributed by atoms with Gasteiger partial charge < -0.3 is 9.73 Å². The minimum Gasteiger partial charge on any atom is -0.468 e. The van der Waals surface area contributed by atoms with E-state index >= 15 is 0 Å². The first-order chi connectivity index (χ1) is 13.8. The molecule has 29 heavy (non-hydrogen) atoms. The number of rotatable bonds is 8. The van der Waals surface area contributed by atoms with E-state index in [2.05, 4.69) is 15.1 Å². The molecule has 9 heteroatoms. The van der Waals surface area contributed by atoms with Crippen LogP contribution in [0.25, 0.3) is 6.08 Å². The first-order valence-corrected chi connectivity index (χ1v) is 10.5. The Hall–Kier alpha value is -3.17. The van der Waals surface area contributed by atoms with Crippen molar-refractivity contribution in [2.24, 2.45) is 0 Å². The molecule has 0 saturated carbocycles. The van der Waals surface area contributed by atoms with Crippen molar-refractivity contribution < 1.29 is 17.6 Å². The Morgan fingerprint density at radius 2 is 1.97 bits per heavy atom. The summed E-state index contributed by atoms with van der Waals surface area (Å²) in [6.45, 7) is 4.01. The molecule has 0 fully saturated rings. The molecule has 2 aromatic heterocycles. The zero-order valence-corrected chi connectivity index (χ0v) is 16.9. The highest BCUT2D eigenvalue weighted by molar-refractivity contribution is 7.89. The van der Waals surface area contributed by atoms with Gasteiger partial charge in [-0.3, -0.25) is 4.79 Å². The van der Waals surface area contributed by atoms with Crippen molar-refractivity contribution >= 4 is 27.8 Å². The maximum absolute atomic E-state index is 12.3. The van der Waals surface area contributed by atoms with Gasteiger partial charge in [-0.1, -0.05) is 12.1 Å². The number of aromatic nitrogens is 2. The number of nitrogens with one attached hydrogen (secondary N) is 2. The number of amides is 1. The second-order valence-electron chi connectivity index (χ2n) is 6.55. The van der Waals surface area contributed by atoms with E-state index in [4.69, 9.17) is 4.42 Å². The number of carbonyl (C=O) groups is 1. The van der Waals surface area contributed by atoms with Gasteiger partial charge in [0.2, 0.25) is 15.9 Å². The summed E-state index contributed by atoms with van der Waals surface area (Å²) in [4.78, 5) is 12.3. The summed E-state index contributed by atoms with van der Waals surface area (Å²) in [6.07, 6.45) is 6.10. The lowest BCUT2D eigenvalue weighted by atomic mass is 10.2. The molecule has 0 aliphatic carbocycles. The van der Waals surface area contributed by atoms with Crippen LogP contribution in [-0.2, 0) is 21.4 Å². The lowest BCUT2D eigenvalue weighted by Crippen LogP contribution is -2.22. The molecule has 0 radical (unpaired) electrons. The minimum atomic E-state index is -3.65. The fourth-order valence-corrected chi connectivity index (χ4v) is 3.58. The van der Waals surface area contributed by atoms with Gasteiger partial charge in [-0.15, -0.1) is 0 Å². The normalized spacial score (nSPS) is 12.0. The third-order valence-electron chi connectivity index (χ3n) is 4.04. The second kappa shape index (κ2) is 8.89. The van der Waals surface area contributed by atoms with E-state index in [-0.39, 0.29) is 23.4 Å². The zero-order valence-electron chi connectivity index (χ0n) is 16.1. The number of nitrogens with zero attached hydrogens (tertiary/aromatic N) is 2. The van der Waals surface area contributed by atoms with E-state index in [0.29, 0.717) is 17.1 Å². The molecule has 0 atom stereocenters. The van der Waals surface area contributed by atoms with Gasteiger partial charge >= 0.3 is 0 Å². The predicted octanol–water partition coefficient (Wildman–Crippen LogP) is 3.19. The van der Waals surface area contributed by atoms with Crippen LogP contribution in [-0.4, -0.2) is 24.1 Å². The summed E-state index contributed by atoms with van der Waals surface area (Å²) in [6, 6.07) is 11.5. The molecule has 2 N–H and O–H groups in total. The second-order valence-corrected chi connectivity index (χ2v) is 8.32. The van der Waals surface area contributed by atoms with Crippen LogP contribution in [0.4, 0.5) is 5.82 Å². The Labute approximate surface area is 169 Å². The summed E-state index contributed by atoms with van der Waals surface area (Å²) >= 11 is 0. The first kappa shape index (κ1) is 20.6. The van der Waals surface area contributed by atoms with Crippen molar-refractivity contribution in [2.75, 3.05) is 5.32 Å². The maximum atomic E-state index is 12.3. The molecule has 0 aliphatic rings. The van der Waals surface area contributed by atoms with Crippen molar-refractivity contribution in [3.05, 3.63) is 72.3 Å². The minimum absolute atomic E-state index is 0.0735. The topological polar surface area (TPSA) is 106 Å². The molecule has 0 aliphatic heterocycles. The Bertz CT molecular complexity index is 1080. The van der Waals surface area contributed by atoms with E-state index in [1.807, 2.05) is 13.8 Å². The Balaban J connectivity index is 1.60. The molecule has 0 unspecified atom stereocenters. The number of anilines is 1. The predicted molar refractivity (Wildman–Crippen MR) is 109 cm³/mol. The molecular formula is C20H22N4O4S. The van der Waals surface area contributed by atoms with Crippen molar-refractivity contribution in [2.45, 2.75) is 31.3 Å². The van der Waals surface area contributed by atoms with Gasteiger partial charge in [-0.05, 0) is 49.8 Å². The van der Waals surface area contributed by atoms with E-state index in [9.17, 15) is 13.2 Å². The van der Waals surface area contributed by atoms with Crippen molar-refractivity contribution in [3.8, 4) is 0 Å². The Kier molecular flexibility index (Phi) is 6.30. The van der Waals surface area contributed by atoms with Crippen molar-refractivity contribution in [1.29, 1.82) is 0 Å². The number of hydrogen-bond donors (Lipinski definition) is 2. The van der Waals surface area contributed by atoms with Gasteiger partial charge in [-0.25, -0.2) is 17.8 Å². The highest BCUT2D eigenvalue weighted by Gasteiger charge is 2.14. The van der Waals surface area contributed by atoms with Gasteiger partial charge in [0, 0.05) is 18.2 Å². The van der Waals surface area contributed by atoms with Crippen LogP contribution in [0.3, 0.4) is 0 Å². The van der Waals surface area contributed by atoms with Crippen molar-refractivity contribution in [3.63, 3.8) is 0 Å². The van der Waals surface area contributed by atoms with E-state index in [0.717, 1.165) is 0 Å². The molecule has 0 spiro atoms. The fraction of sp³-hybridized carbons (Fsp3) is 0.200. The van der Waals surface area contributed by atoms with E-state index < -0.39 is 10.0 Å².